The Hall–Kier alpha value is 0.960. The van der Waals surface area contributed by atoms with Crippen LogP contribution in [-0.2, 0) is 0 Å². The molecular formula is C3H8NaO+. The molecule has 0 fully saturated rings. The SMILES string of the molecule is CCCO.[Na+]. The molecule has 0 bridgehead atoms. The Labute approximate surface area is 54.7 Å². The van der Waals surface area contributed by atoms with Crippen LogP contribution < -0.4 is 29.6 Å². The minimum absolute atomic E-state index is 0. The molecule has 0 aromatic carbocycles. The molecule has 0 aliphatic carbocycles. The third-order valence-electron chi connectivity index (χ3n) is 0.224. The third kappa shape index (κ3) is 11.3. The van der Waals surface area contributed by atoms with Crippen molar-refractivity contribution in [2.75, 3.05) is 6.61 Å². The summed E-state index contributed by atoms with van der Waals surface area (Å²) in [5.41, 5.74) is 0. The van der Waals surface area contributed by atoms with Crippen LogP contribution in [0.5, 0.6) is 0 Å². The van der Waals surface area contributed by atoms with Crippen LogP contribution in [0, 0.1) is 0 Å². The van der Waals surface area contributed by atoms with Gasteiger partial charge in [0.1, 0.15) is 0 Å². The van der Waals surface area contributed by atoms with Gasteiger partial charge < -0.3 is 5.11 Å². The summed E-state index contributed by atoms with van der Waals surface area (Å²) in [5, 5.41) is 7.88. The van der Waals surface area contributed by atoms with E-state index in [2.05, 4.69) is 0 Å². The molecule has 2 heteroatoms. The number of aliphatic hydroxyl groups excluding tert-OH is 1. The van der Waals surface area contributed by atoms with Gasteiger partial charge in [0.05, 0.1) is 0 Å². The van der Waals surface area contributed by atoms with Gasteiger partial charge in [0.2, 0.25) is 0 Å². The number of aliphatic hydroxyl groups is 1. The van der Waals surface area contributed by atoms with E-state index in [1.54, 1.807) is 0 Å². The molecule has 0 rings (SSSR count). The average molecular weight is 83.1 g/mol. The van der Waals surface area contributed by atoms with Crippen LogP contribution in [0.25, 0.3) is 0 Å². The van der Waals surface area contributed by atoms with E-state index >= 15 is 0 Å². The molecule has 0 heterocycles. The molecule has 0 saturated heterocycles. The average Bonchev–Trinajstić information content (AvgIpc) is 1.37. The van der Waals surface area contributed by atoms with Gasteiger partial charge >= 0.3 is 29.6 Å². The second-order valence-corrected chi connectivity index (χ2v) is 0.724. The standard InChI is InChI=1S/C3H8O.Na/c1-2-3-4;/h4H,2-3H2,1H3;/q;+1. The number of hydrogen-bond acceptors (Lipinski definition) is 1. The van der Waals surface area contributed by atoms with E-state index < -0.39 is 0 Å². The predicted molar refractivity (Wildman–Crippen MR) is 17.4 cm³/mol. The molecule has 0 unspecified atom stereocenters. The van der Waals surface area contributed by atoms with E-state index in [0.717, 1.165) is 6.42 Å². The molecule has 0 spiro atoms. The van der Waals surface area contributed by atoms with Crippen LogP contribution in [0.15, 0.2) is 0 Å². The van der Waals surface area contributed by atoms with Gasteiger partial charge in [-0.1, -0.05) is 6.92 Å². The van der Waals surface area contributed by atoms with Crippen molar-refractivity contribution in [1.29, 1.82) is 0 Å². The van der Waals surface area contributed by atoms with Gasteiger partial charge in [0, 0.05) is 6.61 Å². The molecule has 0 aliphatic rings. The molecule has 0 aromatic rings. The summed E-state index contributed by atoms with van der Waals surface area (Å²) in [6.07, 6.45) is 0.875. The van der Waals surface area contributed by atoms with Crippen molar-refractivity contribution in [2.45, 2.75) is 13.3 Å². The molecule has 5 heavy (non-hydrogen) atoms. The summed E-state index contributed by atoms with van der Waals surface area (Å²) in [5.74, 6) is 0. The number of hydrogen-bond donors (Lipinski definition) is 1. The van der Waals surface area contributed by atoms with Crippen LogP contribution in [0.2, 0.25) is 0 Å². The first-order chi connectivity index (χ1) is 1.91. The van der Waals surface area contributed by atoms with Crippen molar-refractivity contribution < 1.29 is 34.7 Å². The van der Waals surface area contributed by atoms with Crippen molar-refractivity contribution in [3.8, 4) is 0 Å². The topological polar surface area (TPSA) is 20.2 Å². The van der Waals surface area contributed by atoms with Crippen LogP contribution in [-0.4, -0.2) is 11.7 Å². The maximum absolute atomic E-state index is 7.88. The fourth-order valence-electron chi connectivity index (χ4n) is 0. The summed E-state index contributed by atoms with van der Waals surface area (Å²) in [4.78, 5) is 0. The van der Waals surface area contributed by atoms with Crippen molar-refractivity contribution in [2.24, 2.45) is 0 Å². The predicted octanol–water partition coefficient (Wildman–Crippen LogP) is -2.61. The molecule has 0 atom stereocenters. The van der Waals surface area contributed by atoms with Crippen molar-refractivity contribution >= 4 is 0 Å². The summed E-state index contributed by atoms with van der Waals surface area (Å²) in [6.45, 7) is 2.25. The van der Waals surface area contributed by atoms with E-state index in [0.29, 0.717) is 6.61 Å². The normalized spacial score (nSPS) is 6.00. The summed E-state index contributed by atoms with van der Waals surface area (Å²) >= 11 is 0. The Morgan fingerprint density at radius 3 is 1.80 bits per heavy atom. The Balaban J connectivity index is 0. The molecule has 1 nitrogen and oxygen atoms in total. The zero-order chi connectivity index (χ0) is 3.41. The third-order valence-corrected chi connectivity index (χ3v) is 0.224. The van der Waals surface area contributed by atoms with Gasteiger partial charge in [-0.05, 0) is 6.42 Å². The first-order valence-corrected chi connectivity index (χ1v) is 1.52. The first kappa shape index (κ1) is 9.35. The maximum Gasteiger partial charge on any atom is 1.00 e. The molecule has 0 aromatic heterocycles. The molecular weight excluding hydrogens is 75.0 g/mol. The van der Waals surface area contributed by atoms with Crippen molar-refractivity contribution in [1.82, 2.24) is 0 Å². The fraction of sp³-hybridized carbons (Fsp3) is 1.00. The molecule has 26 valence electrons. The van der Waals surface area contributed by atoms with Crippen LogP contribution in [0.3, 0.4) is 0 Å². The summed E-state index contributed by atoms with van der Waals surface area (Å²) in [6, 6.07) is 0. The van der Waals surface area contributed by atoms with Crippen LogP contribution in [0.1, 0.15) is 13.3 Å². The minimum atomic E-state index is 0. The van der Waals surface area contributed by atoms with E-state index in [9.17, 15) is 0 Å². The maximum atomic E-state index is 7.88. The second kappa shape index (κ2) is 8.88. The largest absolute Gasteiger partial charge is 1.00 e. The van der Waals surface area contributed by atoms with E-state index in [-0.39, 0.29) is 29.6 Å². The molecule has 0 saturated carbocycles. The second-order valence-electron chi connectivity index (χ2n) is 0.724. The first-order valence-electron chi connectivity index (χ1n) is 1.52. The van der Waals surface area contributed by atoms with Gasteiger partial charge in [0.15, 0.2) is 0 Å². The number of rotatable bonds is 1. The van der Waals surface area contributed by atoms with Gasteiger partial charge in [-0.15, -0.1) is 0 Å². The Morgan fingerprint density at radius 2 is 1.80 bits per heavy atom. The monoisotopic (exact) mass is 83.0 g/mol. The fourth-order valence-corrected chi connectivity index (χ4v) is 0. The van der Waals surface area contributed by atoms with E-state index in [1.807, 2.05) is 6.92 Å². The van der Waals surface area contributed by atoms with Crippen LogP contribution in [0.4, 0.5) is 0 Å². The van der Waals surface area contributed by atoms with Crippen molar-refractivity contribution in [3.63, 3.8) is 0 Å². The minimum Gasteiger partial charge on any atom is -0.396 e. The molecule has 1 N–H and O–H groups in total. The van der Waals surface area contributed by atoms with Crippen LogP contribution >= 0.6 is 0 Å². The Morgan fingerprint density at radius 1 is 1.60 bits per heavy atom. The zero-order valence-corrected chi connectivity index (χ0v) is 5.86. The molecule has 0 amide bonds. The van der Waals surface area contributed by atoms with Crippen molar-refractivity contribution in [3.05, 3.63) is 0 Å². The smallest absolute Gasteiger partial charge is 0.396 e. The van der Waals surface area contributed by atoms with Gasteiger partial charge in [-0.25, -0.2) is 0 Å². The summed E-state index contributed by atoms with van der Waals surface area (Å²) in [7, 11) is 0. The van der Waals surface area contributed by atoms with Gasteiger partial charge in [0.25, 0.3) is 0 Å². The quantitative estimate of drug-likeness (QED) is 0.344. The molecule has 0 aliphatic heterocycles. The molecule has 0 radical (unpaired) electrons. The summed E-state index contributed by atoms with van der Waals surface area (Å²) < 4.78 is 0. The van der Waals surface area contributed by atoms with Gasteiger partial charge in [-0.2, -0.15) is 0 Å². The van der Waals surface area contributed by atoms with E-state index in [4.69, 9.17) is 5.11 Å². The Kier molecular flexibility index (Phi) is 16.6. The zero-order valence-electron chi connectivity index (χ0n) is 3.86. The van der Waals surface area contributed by atoms with E-state index in [1.165, 1.54) is 0 Å². The Bertz CT molecular complexity index is 8.85. The van der Waals surface area contributed by atoms with Gasteiger partial charge in [-0.3, -0.25) is 0 Å².